The first-order chi connectivity index (χ1) is 18.2. The number of carbonyl (C=O) groups is 2. The predicted molar refractivity (Wildman–Crippen MR) is 147 cm³/mol. The summed E-state index contributed by atoms with van der Waals surface area (Å²) in [4.78, 5) is 40.3. The third kappa shape index (κ3) is 3.47. The molecule has 6 heteroatoms. The predicted octanol–water partition coefficient (Wildman–Crippen LogP) is 6.25. The molecule has 0 N–H and O–H groups in total. The van der Waals surface area contributed by atoms with Crippen LogP contribution in [0.4, 0.5) is 11.4 Å². The molecule has 0 radical (unpaired) electrons. The number of nitro groups is 1. The van der Waals surface area contributed by atoms with E-state index in [0.717, 1.165) is 49.4 Å². The number of nitrogens with zero attached hydrogens (tertiary/aromatic N) is 2. The summed E-state index contributed by atoms with van der Waals surface area (Å²) in [6.45, 7) is 7.71. The van der Waals surface area contributed by atoms with Crippen LogP contribution in [0.15, 0.2) is 78.4 Å². The van der Waals surface area contributed by atoms with Crippen molar-refractivity contribution in [3.8, 4) is 0 Å². The zero-order chi connectivity index (χ0) is 26.9. The molecule has 0 aromatic heterocycles. The number of imide groups is 1. The van der Waals surface area contributed by atoms with Crippen LogP contribution in [0.1, 0.15) is 33.4 Å². The van der Waals surface area contributed by atoms with Crippen LogP contribution in [-0.2, 0) is 9.59 Å². The van der Waals surface area contributed by atoms with E-state index >= 15 is 0 Å². The fourth-order valence-electron chi connectivity index (χ4n) is 6.39. The van der Waals surface area contributed by atoms with Gasteiger partial charge in [-0.15, -0.1) is 0 Å². The summed E-state index contributed by atoms with van der Waals surface area (Å²) in [5, 5.41) is 11.9. The van der Waals surface area contributed by atoms with Crippen molar-refractivity contribution < 1.29 is 14.5 Å². The van der Waals surface area contributed by atoms with Gasteiger partial charge in [0.25, 0.3) is 5.69 Å². The summed E-state index contributed by atoms with van der Waals surface area (Å²) < 4.78 is 0. The van der Waals surface area contributed by atoms with Gasteiger partial charge >= 0.3 is 0 Å². The highest BCUT2D eigenvalue weighted by molar-refractivity contribution is 6.24. The van der Waals surface area contributed by atoms with E-state index in [1.807, 2.05) is 32.9 Å². The minimum atomic E-state index is -0.570. The van der Waals surface area contributed by atoms with Crippen LogP contribution in [-0.4, -0.2) is 16.7 Å². The summed E-state index contributed by atoms with van der Waals surface area (Å²) >= 11 is 0. The van der Waals surface area contributed by atoms with Gasteiger partial charge in [0.15, 0.2) is 0 Å². The lowest BCUT2D eigenvalue weighted by Crippen LogP contribution is -2.34. The van der Waals surface area contributed by atoms with E-state index in [1.54, 1.807) is 13.0 Å². The molecule has 1 aliphatic heterocycles. The monoisotopic (exact) mass is 504 g/mol. The van der Waals surface area contributed by atoms with Gasteiger partial charge in [-0.3, -0.25) is 19.7 Å². The van der Waals surface area contributed by atoms with Gasteiger partial charge in [-0.2, -0.15) is 0 Å². The average molecular weight is 505 g/mol. The second kappa shape index (κ2) is 8.62. The molecule has 2 amide bonds. The molecule has 0 unspecified atom stereocenters. The van der Waals surface area contributed by atoms with Gasteiger partial charge in [0, 0.05) is 17.9 Å². The molecule has 1 heterocycles. The third-order valence-corrected chi connectivity index (χ3v) is 8.41. The molecule has 4 atom stereocenters. The van der Waals surface area contributed by atoms with Gasteiger partial charge in [-0.05, 0) is 67.2 Å². The Morgan fingerprint density at radius 3 is 1.63 bits per heavy atom. The molecule has 2 fully saturated rings. The van der Waals surface area contributed by atoms with E-state index in [0.29, 0.717) is 0 Å². The molecule has 190 valence electrons. The van der Waals surface area contributed by atoms with Gasteiger partial charge in [0.1, 0.15) is 5.69 Å². The number of carbonyl (C=O) groups excluding carboxylic acids is 2. The fraction of sp³-hybridized carbons (Fsp3) is 0.250. The van der Waals surface area contributed by atoms with Crippen molar-refractivity contribution in [2.75, 3.05) is 4.90 Å². The number of hydrogen-bond donors (Lipinski definition) is 0. The van der Waals surface area contributed by atoms with Crippen LogP contribution in [0.3, 0.4) is 0 Å². The first-order valence-corrected chi connectivity index (χ1v) is 12.9. The maximum absolute atomic E-state index is 13.9. The highest BCUT2D eigenvalue weighted by Crippen LogP contribution is 2.59. The third-order valence-electron chi connectivity index (χ3n) is 8.41. The molecule has 2 bridgehead atoms. The van der Waals surface area contributed by atoms with Crippen molar-refractivity contribution in [1.29, 1.82) is 0 Å². The van der Waals surface area contributed by atoms with Crippen molar-refractivity contribution in [3.05, 3.63) is 122 Å². The lowest BCUT2D eigenvalue weighted by atomic mass is 9.85. The molecule has 3 aromatic carbocycles. The van der Waals surface area contributed by atoms with E-state index in [-0.39, 0.29) is 35.0 Å². The first-order valence-electron chi connectivity index (χ1n) is 12.9. The van der Waals surface area contributed by atoms with Crippen LogP contribution in [0.2, 0.25) is 0 Å². The Hall–Kier alpha value is -4.32. The molecule has 3 aromatic rings. The SMILES string of the molecule is Cc1ccc(C(=C2[C@H]3C=C[C@H]2[C@H]2C(=O)N(c4cc(C)c(C)cc4[N+](=O)[O-])C(=O)[C@H]23)c2ccc(C)cc2)cc1. The smallest absolute Gasteiger partial charge is 0.274 e. The molecule has 38 heavy (non-hydrogen) atoms. The van der Waals surface area contributed by atoms with Crippen LogP contribution in [0, 0.1) is 61.5 Å². The molecule has 3 aliphatic rings. The lowest BCUT2D eigenvalue weighted by molar-refractivity contribution is -0.384. The number of amides is 2. The van der Waals surface area contributed by atoms with Gasteiger partial charge in [0.05, 0.1) is 16.8 Å². The normalized spacial score (nSPS) is 23.4. The van der Waals surface area contributed by atoms with E-state index in [9.17, 15) is 19.7 Å². The summed E-state index contributed by atoms with van der Waals surface area (Å²) in [6.07, 6.45) is 4.10. The number of anilines is 1. The van der Waals surface area contributed by atoms with Gasteiger partial charge in [0.2, 0.25) is 11.8 Å². The number of allylic oxidation sites excluding steroid dienone is 3. The highest BCUT2D eigenvalue weighted by Gasteiger charge is 2.63. The Morgan fingerprint density at radius 1 is 0.737 bits per heavy atom. The Morgan fingerprint density at radius 2 is 1.18 bits per heavy atom. The molecule has 1 saturated carbocycles. The van der Waals surface area contributed by atoms with Crippen LogP contribution < -0.4 is 4.90 Å². The molecular weight excluding hydrogens is 476 g/mol. The number of hydrogen-bond acceptors (Lipinski definition) is 4. The molecular formula is C32H28N2O4. The molecule has 0 spiro atoms. The Labute approximate surface area is 221 Å². The zero-order valence-corrected chi connectivity index (χ0v) is 21.8. The Bertz CT molecular complexity index is 1500. The largest absolute Gasteiger partial charge is 0.293 e. The fourth-order valence-corrected chi connectivity index (χ4v) is 6.39. The molecule has 2 aliphatic carbocycles. The van der Waals surface area contributed by atoms with Gasteiger partial charge in [-0.1, -0.05) is 71.8 Å². The highest BCUT2D eigenvalue weighted by atomic mass is 16.6. The summed E-state index contributed by atoms with van der Waals surface area (Å²) in [5.41, 5.74) is 7.95. The van der Waals surface area contributed by atoms with Crippen molar-refractivity contribution in [1.82, 2.24) is 0 Å². The van der Waals surface area contributed by atoms with Crippen molar-refractivity contribution >= 4 is 28.8 Å². The standard InChI is InChI=1S/C32H28N2O4/c1-17-5-9-21(10-6-17)27(22-11-7-18(2)8-12-22)28-23-13-14-24(28)30-29(23)31(35)33(32(30)36)25-15-19(3)20(4)16-26(25)34(37)38/h5-16,23-24,29-30H,1-4H3/t23-,24-,29-,30+/m1/s1. The van der Waals surface area contributed by atoms with E-state index < -0.39 is 16.8 Å². The Balaban J connectivity index is 1.49. The lowest BCUT2D eigenvalue weighted by Gasteiger charge is -2.22. The second-order valence-corrected chi connectivity index (χ2v) is 10.7. The summed E-state index contributed by atoms with van der Waals surface area (Å²) in [7, 11) is 0. The average Bonchev–Trinajstić information content (AvgIpc) is 3.52. The zero-order valence-electron chi connectivity index (χ0n) is 21.8. The number of nitro benzene ring substituents is 1. The van der Waals surface area contributed by atoms with Crippen LogP contribution in [0.5, 0.6) is 0 Å². The topological polar surface area (TPSA) is 80.5 Å². The summed E-state index contributed by atoms with van der Waals surface area (Å²) in [5.74, 6) is -2.33. The molecule has 6 rings (SSSR count). The van der Waals surface area contributed by atoms with Crippen molar-refractivity contribution in [2.45, 2.75) is 27.7 Å². The second-order valence-electron chi connectivity index (χ2n) is 10.7. The van der Waals surface area contributed by atoms with E-state index in [4.69, 9.17) is 0 Å². The maximum atomic E-state index is 13.9. The quantitative estimate of drug-likeness (QED) is 0.182. The van der Waals surface area contributed by atoms with Crippen LogP contribution in [0.25, 0.3) is 5.57 Å². The number of rotatable bonds is 4. The molecule has 1 saturated heterocycles. The number of fused-ring (bicyclic) bond motifs is 5. The molecule has 6 nitrogen and oxygen atoms in total. The minimum absolute atomic E-state index is 0.0738. The first kappa shape index (κ1) is 24.0. The van der Waals surface area contributed by atoms with E-state index in [2.05, 4.69) is 48.5 Å². The summed E-state index contributed by atoms with van der Waals surface area (Å²) in [6, 6.07) is 19.7. The van der Waals surface area contributed by atoms with Gasteiger partial charge in [-0.25, -0.2) is 4.90 Å². The van der Waals surface area contributed by atoms with Crippen LogP contribution >= 0.6 is 0 Å². The number of benzene rings is 3. The van der Waals surface area contributed by atoms with Crippen molar-refractivity contribution in [2.24, 2.45) is 23.7 Å². The Kier molecular flexibility index (Phi) is 5.45. The minimum Gasteiger partial charge on any atom is -0.274 e. The van der Waals surface area contributed by atoms with Gasteiger partial charge < -0.3 is 0 Å². The van der Waals surface area contributed by atoms with E-state index in [1.165, 1.54) is 6.07 Å². The number of aryl methyl sites for hydroxylation is 4. The van der Waals surface area contributed by atoms with Crippen molar-refractivity contribution in [3.63, 3.8) is 0 Å². The maximum Gasteiger partial charge on any atom is 0.293 e.